The molecule has 0 amide bonds. The molecule has 3 rings (SSSR count). The van der Waals surface area contributed by atoms with Crippen LogP contribution >= 0.6 is 0 Å². The fraction of sp³-hybridized carbons (Fsp3) is 0.182. The summed E-state index contributed by atoms with van der Waals surface area (Å²) < 4.78 is 15.0. The smallest absolute Gasteiger partial charge is 0.212 e. The maximum absolute atomic E-state index is 13.1. The molecular formula is C11H11FN4. The zero-order valence-electron chi connectivity index (χ0n) is 8.79. The zero-order chi connectivity index (χ0) is 11.1. The molecule has 0 bridgehead atoms. The standard InChI is InChI=1S/C11H11FN4/c1-13-5-8-6-16-10-4-7(12)2-3-9(10)15-11(16)14-8/h2-4,6,13H,5H2,1H3,(H,14,15). The van der Waals surface area contributed by atoms with Gasteiger partial charge in [0.15, 0.2) is 0 Å². The van der Waals surface area contributed by atoms with Crippen LogP contribution in [0.1, 0.15) is 5.69 Å². The number of benzene rings is 1. The van der Waals surface area contributed by atoms with Crippen LogP contribution in [0.4, 0.5) is 4.39 Å². The van der Waals surface area contributed by atoms with Crippen molar-refractivity contribution in [3.63, 3.8) is 0 Å². The molecule has 2 heterocycles. The van der Waals surface area contributed by atoms with Crippen LogP contribution in [-0.4, -0.2) is 21.4 Å². The number of imidazole rings is 2. The van der Waals surface area contributed by atoms with Gasteiger partial charge >= 0.3 is 0 Å². The molecular weight excluding hydrogens is 207 g/mol. The average Bonchev–Trinajstić information content (AvgIpc) is 2.76. The molecule has 5 heteroatoms. The lowest BCUT2D eigenvalue weighted by atomic mass is 10.3. The molecule has 2 aromatic heterocycles. The van der Waals surface area contributed by atoms with Crippen molar-refractivity contribution < 1.29 is 4.39 Å². The lowest BCUT2D eigenvalue weighted by Crippen LogP contribution is -2.04. The number of hydrogen-bond acceptors (Lipinski definition) is 2. The lowest BCUT2D eigenvalue weighted by Gasteiger charge is -1.93. The number of nitrogens with one attached hydrogen (secondary N) is 2. The fourth-order valence-corrected chi connectivity index (χ4v) is 1.90. The highest BCUT2D eigenvalue weighted by atomic mass is 19.1. The second kappa shape index (κ2) is 3.31. The maximum atomic E-state index is 13.1. The van der Waals surface area contributed by atoms with Crippen LogP contribution in [0.2, 0.25) is 0 Å². The Morgan fingerprint density at radius 3 is 3.19 bits per heavy atom. The number of halogens is 1. The van der Waals surface area contributed by atoms with Gasteiger partial charge in [0.2, 0.25) is 5.78 Å². The van der Waals surface area contributed by atoms with Crippen LogP contribution < -0.4 is 5.32 Å². The van der Waals surface area contributed by atoms with Crippen molar-refractivity contribution >= 4 is 16.8 Å². The normalized spacial score (nSPS) is 11.6. The molecule has 0 radical (unpaired) electrons. The third-order valence-corrected chi connectivity index (χ3v) is 2.58. The van der Waals surface area contributed by atoms with E-state index >= 15 is 0 Å². The molecule has 0 fully saturated rings. The van der Waals surface area contributed by atoms with Gasteiger partial charge in [-0.25, -0.2) is 9.37 Å². The van der Waals surface area contributed by atoms with Crippen LogP contribution in [0.15, 0.2) is 24.4 Å². The molecule has 2 N–H and O–H groups in total. The second-order valence-corrected chi connectivity index (χ2v) is 3.75. The summed E-state index contributed by atoms with van der Waals surface area (Å²) >= 11 is 0. The lowest BCUT2D eigenvalue weighted by molar-refractivity contribution is 0.629. The Kier molecular flexibility index (Phi) is 1.94. The van der Waals surface area contributed by atoms with E-state index in [0.717, 1.165) is 29.0 Å². The highest BCUT2D eigenvalue weighted by Crippen LogP contribution is 2.17. The van der Waals surface area contributed by atoms with Gasteiger partial charge in [-0.15, -0.1) is 0 Å². The van der Waals surface area contributed by atoms with Gasteiger partial charge in [0.25, 0.3) is 0 Å². The van der Waals surface area contributed by atoms with E-state index < -0.39 is 0 Å². The summed E-state index contributed by atoms with van der Waals surface area (Å²) in [5.41, 5.74) is 2.61. The predicted octanol–water partition coefficient (Wildman–Crippen LogP) is 1.67. The Bertz CT molecular complexity index is 652. The van der Waals surface area contributed by atoms with E-state index in [0.29, 0.717) is 0 Å². The molecule has 0 aliphatic rings. The van der Waals surface area contributed by atoms with Crippen LogP contribution in [-0.2, 0) is 6.54 Å². The van der Waals surface area contributed by atoms with E-state index in [1.807, 2.05) is 17.6 Å². The second-order valence-electron chi connectivity index (χ2n) is 3.75. The number of rotatable bonds is 2. The summed E-state index contributed by atoms with van der Waals surface area (Å²) in [7, 11) is 1.88. The number of fused-ring (bicyclic) bond motifs is 3. The van der Waals surface area contributed by atoms with Gasteiger partial charge in [0, 0.05) is 24.5 Å². The maximum Gasteiger partial charge on any atom is 0.212 e. The Labute approximate surface area is 91.1 Å². The number of aromatic amines is 1. The first-order chi connectivity index (χ1) is 7.78. The third kappa shape index (κ3) is 1.29. The molecule has 3 aromatic rings. The monoisotopic (exact) mass is 218 g/mol. The van der Waals surface area contributed by atoms with Crippen molar-refractivity contribution in [2.24, 2.45) is 0 Å². The number of hydrogen-bond donors (Lipinski definition) is 2. The van der Waals surface area contributed by atoms with Gasteiger partial charge in [-0.1, -0.05) is 0 Å². The first-order valence-corrected chi connectivity index (χ1v) is 5.08. The van der Waals surface area contributed by atoms with Crippen LogP contribution in [0.25, 0.3) is 16.8 Å². The minimum absolute atomic E-state index is 0.245. The number of nitrogens with zero attached hydrogens (tertiary/aromatic N) is 2. The van der Waals surface area contributed by atoms with Gasteiger partial charge < -0.3 is 10.3 Å². The van der Waals surface area contributed by atoms with Gasteiger partial charge in [-0.2, -0.15) is 0 Å². The summed E-state index contributed by atoms with van der Waals surface area (Å²) in [6.45, 7) is 0.736. The predicted molar refractivity (Wildman–Crippen MR) is 59.8 cm³/mol. The first kappa shape index (κ1) is 9.35. The summed E-state index contributed by atoms with van der Waals surface area (Å²) in [6.07, 6.45) is 1.93. The van der Waals surface area contributed by atoms with Crippen molar-refractivity contribution in [2.45, 2.75) is 6.54 Å². The van der Waals surface area contributed by atoms with E-state index in [-0.39, 0.29) is 5.82 Å². The molecule has 0 saturated heterocycles. The molecule has 0 spiro atoms. The van der Waals surface area contributed by atoms with Gasteiger partial charge in [0.05, 0.1) is 11.0 Å². The molecule has 0 atom stereocenters. The molecule has 1 aromatic carbocycles. The van der Waals surface area contributed by atoms with Crippen LogP contribution in [0.3, 0.4) is 0 Å². The number of H-pyrrole nitrogens is 1. The molecule has 82 valence electrons. The molecule has 0 unspecified atom stereocenters. The molecule has 4 nitrogen and oxygen atoms in total. The Morgan fingerprint density at radius 2 is 2.38 bits per heavy atom. The van der Waals surface area contributed by atoms with Crippen molar-refractivity contribution in [3.05, 3.63) is 35.9 Å². The van der Waals surface area contributed by atoms with Crippen molar-refractivity contribution in [2.75, 3.05) is 7.05 Å². The summed E-state index contributed by atoms with van der Waals surface area (Å²) in [6, 6.07) is 4.60. The zero-order valence-corrected chi connectivity index (χ0v) is 8.79. The fourth-order valence-electron chi connectivity index (χ4n) is 1.90. The minimum atomic E-state index is -0.245. The van der Waals surface area contributed by atoms with Crippen LogP contribution in [0.5, 0.6) is 0 Å². The van der Waals surface area contributed by atoms with Crippen molar-refractivity contribution in [1.82, 2.24) is 19.7 Å². The minimum Gasteiger partial charge on any atom is -0.326 e. The Balaban J connectivity index is 2.28. The SMILES string of the molecule is CNCc1cn2c(nc3ccc(F)cc32)[nH]1. The number of aromatic nitrogens is 3. The Morgan fingerprint density at radius 1 is 1.50 bits per heavy atom. The topological polar surface area (TPSA) is 45.1 Å². The van der Waals surface area contributed by atoms with Crippen LogP contribution in [0, 0.1) is 5.82 Å². The summed E-state index contributed by atoms with van der Waals surface area (Å²) in [5, 5.41) is 3.05. The highest BCUT2D eigenvalue weighted by Gasteiger charge is 2.08. The third-order valence-electron chi connectivity index (χ3n) is 2.58. The Hall–Kier alpha value is -1.88. The first-order valence-electron chi connectivity index (χ1n) is 5.08. The summed E-state index contributed by atoms with van der Waals surface area (Å²) in [5.74, 6) is 0.497. The van der Waals surface area contributed by atoms with E-state index in [1.54, 1.807) is 6.07 Å². The molecule has 0 saturated carbocycles. The van der Waals surface area contributed by atoms with Gasteiger partial charge in [-0.05, 0) is 19.2 Å². The van der Waals surface area contributed by atoms with Crippen molar-refractivity contribution in [1.29, 1.82) is 0 Å². The molecule has 16 heavy (non-hydrogen) atoms. The van der Waals surface area contributed by atoms with E-state index in [4.69, 9.17) is 0 Å². The summed E-state index contributed by atoms with van der Waals surface area (Å²) in [4.78, 5) is 7.54. The van der Waals surface area contributed by atoms with Gasteiger partial charge in [-0.3, -0.25) is 4.40 Å². The van der Waals surface area contributed by atoms with E-state index in [2.05, 4.69) is 15.3 Å². The van der Waals surface area contributed by atoms with Gasteiger partial charge in [0.1, 0.15) is 5.82 Å². The average molecular weight is 218 g/mol. The quantitative estimate of drug-likeness (QED) is 0.687. The van der Waals surface area contributed by atoms with E-state index in [9.17, 15) is 4.39 Å². The highest BCUT2D eigenvalue weighted by molar-refractivity contribution is 5.79. The largest absolute Gasteiger partial charge is 0.326 e. The van der Waals surface area contributed by atoms with E-state index in [1.165, 1.54) is 12.1 Å². The molecule has 0 aliphatic carbocycles. The molecule has 0 aliphatic heterocycles. The van der Waals surface area contributed by atoms with Crippen molar-refractivity contribution in [3.8, 4) is 0 Å².